The number of halogens is 1. The SMILES string of the molecule is CCCNC(C)(COc1cccc(C)c1F)C(=O)OCC. The van der Waals surface area contributed by atoms with Crippen molar-refractivity contribution in [1.82, 2.24) is 5.32 Å². The minimum atomic E-state index is -0.998. The largest absolute Gasteiger partial charge is 0.488 e. The zero-order valence-corrected chi connectivity index (χ0v) is 13.2. The van der Waals surface area contributed by atoms with Gasteiger partial charge in [0, 0.05) is 0 Å². The molecule has 0 spiro atoms. The van der Waals surface area contributed by atoms with Crippen molar-refractivity contribution in [2.75, 3.05) is 19.8 Å². The van der Waals surface area contributed by atoms with Crippen LogP contribution in [0.5, 0.6) is 5.75 Å². The molecule has 0 aliphatic rings. The van der Waals surface area contributed by atoms with Crippen LogP contribution in [0.15, 0.2) is 18.2 Å². The summed E-state index contributed by atoms with van der Waals surface area (Å²) in [6.07, 6.45) is 0.869. The van der Waals surface area contributed by atoms with Crippen LogP contribution in [-0.2, 0) is 9.53 Å². The number of hydrogen-bond acceptors (Lipinski definition) is 4. The van der Waals surface area contributed by atoms with Crippen LogP contribution in [0.2, 0.25) is 0 Å². The van der Waals surface area contributed by atoms with E-state index in [1.807, 2.05) is 6.92 Å². The second-order valence-corrected chi connectivity index (χ2v) is 5.16. The molecule has 1 aromatic carbocycles. The molecule has 0 saturated carbocycles. The fourth-order valence-corrected chi connectivity index (χ4v) is 1.83. The molecule has 0 amide bonds. The summed E-state index contributed by atoms with van der Waals surface area (Å²) in [5.74, 6) is -0.658. The minimum Gasteiger partial charge on any atom is -0.488 e. The first kappa shape index (κ1) is 17.4. The lowest BCUT2D eigenvalue weighted by atomic mass is 10.0. The van der Waals surface area contributed by atoms with Crippen LogP contribution in [0.1, 0.15) is 32.8 Å². The van der Waals surface area contributed by atoms with E-state index in [0.717, 1.165) is 6.42 Å². The van der Waals surface area contributed by atoms with Gasteiger partial charge >= 0.3 is 5.97 Å². The Morgan fingerprint density at radius 3 is 2.71 bits per heavy atom. The lowest BCUT2D eigenvalue weighted by Gasteiger charge is -2.28. The molecule has 0 heterocycles. The minimum absolute atomic E-state index is 0.00616. The first-order chi connectivity index (χ1) is 9.94. The Hall–Kier alpha value is -1.62. The summed E-state index contributed by atoms with van der Waals surface area (Å²) < 4.78 is 24.5. The van der Waals surface area contributed by atoms with Crippen molar-refractivity contribution >= 4 is 5.97 Å². The number of carbonyl (C=O) groups is 1. The molecule has 0 aromatic heterocycles. The Balaban J connectivity index is 2.81. The van der Waals surface area contributed by atoms with Crippen molar-refractivity contribution in [2.45, 2.75) is 39.7 Å². The van der Waals surface area contributed by atoms with E-state index in [4.69, 9.17) is 9.47 Å². The van der Waals surface area contributed by atoms with E-state index in [0.29, 0.717) is 18.7 Å². The van der Waals surface area contributed by atoms with Crippen LogP contribution in [0.25, 0.3) is 0 Å². The number of esters is 1. The van der Waals surface area contributed by atoms with Crippen molar-refractivity contribution in [1.29, 1.82) is 0 Å². The maximum Gasteiger partial charge on any atom is 0.329 e. The van der Waals surface area contributed by atoms with Crippen LogP contribution in [0, 0.1) is 12.7 Å². The fraction of sp³-hybridized carbons (Fsp3) is 0.562. The molecule has 21 heavy (non-hydrogen) atoms. The Labute approximate surface area is 125 Å². The Bertz CT molecular complexity index is 479. The van der Waals surface area contributed by atoms with Gasteiger partial charge in [-0.1, -0.05) is 19.1 Å². The van der Waals surface area contributed by atoms with Gasteiger partial charge in [0.1, 0.15) is 12.1 Å². The number of hydrogen-bond donors (Lipinski definition) is 1. The molecule has 0 saturated heterocycles. The zero-order chi connectivity index (χ0) is 15.9. The van der Waals surface area contributed by atoms with Gasteiger partial charge in [0.25, 0.3) is 0 Å². The van der Waals surface area contributed by atoms with Gasteiger partial charge in [0.05, 0.1) is 6.61 Å². The standard InChI is InChI=1S/C16H24FNO3/c1-5-10-18-16(4,15(19)20-6-2)11-21-13-9-7-8-12(3)14(13)17/h7-9,18H,5-6,10-11H2,1-4H3. The maximum absolute atomic E-state index is 13.9. The Morgan fingerprint density at radius 2 is 2.10 bits per heavy atom. The van der Waals surface area contributed by atoms with Crippen LogP contribution >= 0.6 is 0 Å². The van der Waals surface area contributed by atoms with E-state index in [1.165, 1.54) is 0 Å². The van der Waals surface area contributed by atoms with Gasteiger partial charge < -0.3 is 9.47 Å². The predicted molar refractivity (Wildman–Crippen MR) is 80.0 cm³/mol. The van der Waals surface area contributed by atoms with E-state index in [2.05, 4.69) is 5.32 Å². The van der Waals surface area contributed by atoms with Gasteiger partial charge in [-0.15, -0.1) is 0 Å². The molecule has 1 unspecified atom stereocenters. The number of nitrogens with one attached hydrogen (secondary N) is 1. The summed E-state index contributed by atoms with van der Waals surface area (Å²) in [5, 5.41) is 3.11. The van der Waals surface area contributed by atoms with E-state index >= 15 is 0 Å². The second kappa shape index (κ2) is 7.98. The number of aryl methyl sites for hydroxylation is 1. The third-order valence-electron chi connectivity index (χ3n) is 3.16. The van der Waals surface area contributed by atoms with Crippen LogP contribution < -0.4 is 10.1 Å². The normalized spacial score (nSPS) is 13.6. The van der Waals surface area contributed by atoms with Crippen LogP contribution in [0.4, 0.5) is 4.39 Å². The van der Waals surface area contributed by atoms with Gasteiger partial charge in [-0.2, -0.15) is 0 Å². The van der Waals surface area contributed by atoms with Crippen molar-refractivity contribution < 1.29 is 18.7 Å². The molecule has 0 fully saturated rings. The van der Waals surface area contributed by atoms with Crippen molar-refractivity contribution in [3.63, 3.8) is 0 Å². The summed E-state index contributed by atoms with van der Waals surface area (Å²) in [5.41, 5.74) is -0.491. The van der Waals surface area contributed by atoms with E-state index in [9.17, 15) is 9.18 Å². The molecule has 0 bridgehead atoms. The molecular weight excluding hydrogens is 273 g/mol. The van der Waals surface area contributed by atoms with Crippen LogP contribution in [0.3, 0.4) is 0 Å². The van der Waals surface area contributed by atoms with E-state index in [-0.39, 0.29) is 12.4 Å². The topological polar surface area (TPSA) is 47.6 Å². The highest BCUT2D eigenvalue weighted by atomic mass is 19.1. The molecule has 118 valence electrons. The summed E-state index contributed by atoms with van der Waals surface area (Å²) in [4.78, 5) is 12.1. The average molecular weight is 297 g/mol. The average Bonchev–Trinajstić information content (AvgIpc) is 2.47. The highest BCUT2D eigenvalue weighted by molar-refractivity contribution is 5.80. The lowest BCUT2D eigenvalue weighted by Crippen LogP contribution is -2.55. The summed E-state index contributed by atoms with van der Waals surface area (Å²) in [6.45, 7) is 8.07. The first-order valence-corrected chi connectivity index (χ1v) is 7.24. The van der Waals surface area contributed by atoms with Gasteiger partial charge in [-0.25, -0.2) is 9.18 Å². The maximum atomic E-state index is 13.9. The Morgan fingerprint density at radius 1 is 1.38 bits per heavy atom. The number of carbonyl (C=O) groups excluding carboxylic acids is 1. The van der Waals surface area contributed by atoms with E-state index < -0.39 is 17.3 Å². The number of rotatable bonds is 8. The molecule has 0 aliphatic heterocycles. The molecule has 1 N–H and O–H groups in total. The molecule has 1 atom stereocenters. The monoisotopic (exact) mass is 297 g/mol. The molecular formula is C16H24FNO3. The number of benzene rings is 1. The van der Waals surface area contributed by atoms with E-state index in [1.54, 1.807) is 39.0 Å². The highest BCUT2D eigenvalue weighted by Crippen LogP contribution is 2.21. The summed E-state index contributed by atoms with van der Waals surface area (Å²) >= 11 is 0. The van der Waals surface area contributed by atoms with Crippen molar-refractivity contribution in [3.8, 4) is 5.75 Å². The molecule has 4 nitrogen and oxygen atoms in total. The fourth-order valence-electron chi connectivity index (χ4n) is 1.83. The van der Waals surface area contributed by atoms with Gasteiger partial charge in [0.2, 0.25) is 0 Å². The van der Waals surface area contributed by atoms with Crippen molar-refractivity contribution in [2.24, 2.45) is 0 Å². The lowest BCUT2D eigenvalue weighted by molar-refractivity contribution is -0.151. The molecule has 5 heteroatoms. The van der Waals surface area contributed by atoms with Crippen LogP contribution in [-0.4, -0.2) is 31.3 Å². The number of ether oxygens (including phenoxy) is 2. The molecule has 1 rings (SSSR count). The second-order valence-electron chi connectivity index (χ2n) is 5.16. The summed E-state index contributed by atoms with van der Waals surface area (Å²) in [7, 11) is 0. The molecule has 0 radical (unpaired) electrons. The quantitative estimate of drug-likeness (QED) is 0.750. The predicted octanol–water partition coefficient (Wildman–Crippen LogP) is 2.83. The van der Waals surface area contributed by atoms with Gasteiger partial charge in [-0.05, 0) is 45.4 Å². The summed E-state index contributed by atoms with van der Waals surface area (Å²) in [6, 6.07) is 4.94. The third kappa shape index (κ3) is 4.70. The van der Waals surface area contributed by atoms with Gasteiger partial charge in [-0.3, -0.25) is 5.32 Å². The van der Waals surface area contributed by atoms with Crippen molar-refractivity contribution in [3.05, 3.63) is 29.6 Å². The zero-order valence-electron chi connectivity index (χ0n) is 13.2. The van der Waals surface area contributed by atoms with Gasteiger partial charge in [0.15, 0.2) is 11.6 Å². The third-order valence-corrected chi connectivity index (χ3v) is 3.16. The highest BCUT2D eigenvalue weighted by Gasteiger charge is 2.35. The molecule has 0 aliphatic carbocycles. The Kier molecular flexibility index (Phi) is 6.62. The first-order valence-electron chi connectivity index (χ1n) is 7.24. The molecule has 1 aromatic rings. The smallest absolute Gasteiger partial charge is 0.329 e.